The molecule has 3 rings (SSSR count). The molecule has 0 spiro atoms. The Morgan fingerprint density at radius 2 is 1.83 bits per heavy atom. The number of nitrogens with zero attached hydrogens (tertiary/aromatic N) is 3. The van der Waals surface area contributed by atoms with Gasteiger partial charge in [0.1, 0.15) is 5.69 Å². The molecule has 2 heterocycles. The summed E-state index contributed by atoms with van der Waals surface area (Å²) in [6, 6.07) is 4.68. The van der Waals surface area contributed by atoms with E-state index in [2.05, 4.69) is 20.1 Å². The second-order valence-electron chi connectivity index (χ2n) is 6.34. The van der Waals surface area contributed by atoms with E-state index in [0.717, 1.165) is 37.9 Å². The van der Waals surface area contributed by atoms with Crippen LogP contribution in [0.5, 0.6) is 0 Å². The van der Waals surface area contributed by atoms with E-state index < -0.39 is 0 Å². The van der Waals surface area contributed by atoms with Gasteiger partial charge in [-0.2, -0.15) is 0 Å². The first kappa shape index (κ1) is 17.7. The molecule has 5 nitrogen and oxygen atoms in total. The van der Waals surface area contributed by atoms with Crippen LogP contribution in [0.4, 0.5) is 5.69 Å². The number of nitrogens with one attached hydrogen (secondary N) is 1. The monoisotopic (exact) mass is 318 g/mol. The maximum atomic E-state index is 11.6. The van der Waals surface area contributed by atoms with Crippen molar-refractivity contribution in [2.24, 2.45) is 0 Å². The summed E-state index contributed by atoms with van der Waals surface area (Å²) >= 11 is 0. The summed E-state index contributed by atoms with van der Waals surface area (Å²) in [7, 11) is 1.63. The van der Waals surface area contributed by atoms with Crippen molar-refractivity contribution in [1.82, 2.24) is 15.2 Å². The second-order valence-corrected chi connectivity index (χ2v) is 6.34. The third-order valence-electron chi connectivity index (χ3n) is 5.01. The zero-order chi connectivity index (χ0) is 15.5. The first-order valence-electron chi connectivity index (χ1n) is 8.38. The molecular formula is C18H30N4O. The molecular weight excluding hydrogens is 288 g/mol. The summed E-state index contributed by atoms with van der Waals surface area (Å²) in [6.07, 6.45) is 5.55. The van der Waals surface area contributed by atoms with Crippen molar-refractivity contribution in [2.45, 2.75) is 46.1 Å². The first-order valence-corrected chi connectivity index (χ1v) is 8.38. The van der Waals surface area contributed by atoms with Gasteiger partial charge in [0.25, 0.3) is 5.91 Å². The van der Waals surface area contributed by atoms with Crippen LogP contribution in [0.3, 0.4) is 0 Å². The second kappa shape index (κ2) is 7.77. The molecule has 1 saturated carbocycles. The summed E-state index contributed by atoms with van der Waals surface area (Å²) in [6.45, 7) is 6.38. The molecule has 1 saturated heterocycles. The summed E-state index contributed by atoms with van der Waals surface area (Å²) in [4.78, 5) is 21.2. The molecule has 23 heavy (non-hydrogen) atoms. The van der Waals surface area contributed by atoms with Gasteiger partial charge in [-0.15, -0.1) is 0 Å². The van der Waals surface area contributed by atoms with Crippen LogP contribution in [0, 0.1) is 6.92 Å². The summed E-state index contributed by atoms with van der Waals surface area (Å²) in [5.41, 5.74) is 2.60. The molecule has 0 radical (unpaired) electrons. The van der Waals surface area contributed by atoms with Crippen molar-refractivity contribution in [2.75, 3.05) is 38.1 Å². The lowest BCUT2D eigenvalue weighted by atomic mass is 10.1. The number of anilines is 1. The summed E-state index contributed by atoms with van der Waals surface area (Å²) in [5, 5.41) is 2.62. The van der Waals surface area contributed by atoms with Crippen molar-refractivity contribution < 1.29 is 4.79 Å². The highest BCUT2D eigenvalue weighted by molar-refractivity contribution is 5.92. The topological polar surface area (TPSA) is 48.5 Å². The number of carbonyl (C=O) groups is 1. The van der Waals surface area contributed by atoms with E-state index in [9.17, 15) is 4.79 Å². The number of aryl methyl sites for hydroxylation is 1. The number of rotatable bonds is 3. The van der Waals surface area contributed by atoms with E-state index in [-0.39, 0.29) is 13.3 Å². The largest absolute Gasteiger partial charge is 0.368 e. The van der Waals surface area contributed by atoms with Gasteiger partial charge < -0.3 is 10.2 Å². The predicted octanol–water partition coefficient (Wildman–Crippen LogP) is 2.45. The van der Waals surface area contributed by atoms with E-state index in [1.54, 1.807) is 7.05 Å². The third-order valence-corrected chi connectivity index (χ3v) is 5.01. The normalized spacial score (nSPS) is 19.5. The summed E-state index contributed by atoms with van der Waals surface area (Å²) in [5.74, 6) is -0.124. The van der Waals surface area contributed by atoms with Crippen molar-refractivity contribution >= 4 is 11.6 Å². The highest BCUT2D eigenvalue weighted by atomic mass is 16.1. The van der Waals surface area contributed by atoms with Gasteiger partial charge >= 0.3 is 0 Å². The van der Waals surface area contributed by atoms with Crippen molar-refractivity contribution in [3.8, 4) is 0 Å². The Kier molecular flexibility index (Phi) is 5.99. The number of hydrogen-bond acceptors (Lipinski definition) is 4. The van der Waals surface area contributed by atoms with Gasteiger partial charge in [-0.1, -0.05) is 20.3 Å². The van der Waals surface area contributed by atoms with Gasteiger partial charge in [0.05, 0.1) is 11.4 Å². The molecule has 0 atom stereocenters. The fourth-order valence-corrected chi connectivity index (χ4v) is 3.74. The Balaban J connectivity index is 0.00000192. The van der Waals surface area contributed by atoms with E-state index in [1.807, 2.05) is 19.1 Å². The van der Waals surface area contributed by atoms with Gasteiger partial charge in [0.15, 0.2) is 0 Å². The number of hydrogen-bond donors (Lipinski definition) is 1. The molecule has 128 valence electrons. The number of pyridine rings is 1. The first-order chi connectivity index (χ1) is 10.7. The quantitative estimate of drug-likeness (QED) is 0.930. The predicted molar refractivity (Wildman–Crippen MR) is 95.1 cm³/mol. The van der Waals surface area contributed by atoms with Crippen LogP contribution in [-0.4, -0.2) is 55.1 Å². The summed E-state index contributed by atoms with van der Waals surface area (Å²) < 4.78 is 0. The van der Waals surface area contributed by atoms with Gasteiger partial charge in [-0.3, -0.25) is 9.69 Å². The molecule has 0 aromatic carbocycles. The van der Waals surface area contributed by atoms with Crippen LogP contribution in [0.25, 0.3) is 0 Å². The standard InChI is InChI=1S/C17H26N4O.CH4/c1-13-16(8-7-15(19-13)17(22)18-2)21-11-9-20(10-12-21)14-5-3-4-6-14;/h7-8,14H,3-6,9-12H2,1-2H3,(H,18,22);1H4. The smallest absolute Gasteiger partial charge is 0.269 e. The van der Waals surface area contributed by atoms with Gasteiger partial charge in [-0.05, 0) is 31.9 Å². The molecule has 2 aliphatic rings. The van der Waals surface area contributed by atoms with Crippen LogP contribution in [0.1, 0.15) is 49.3 Å². The van der Waals surface area contributed by atoms with Crippen LogP contribution >= 0.6 is 0 Å². The zero-order valence-electron chi connectivity index (χ0n) is 13.6. The van der Waals surface area contributed by atoms with E-state index in [4.69, 9.17) is 0 Å². The molecule has 2 fully saturated rings. The number of aromatic nitrogens is 1. The van der Waals surface area contributed by atoms with Crippen molar-refractivity contribution in [1.29, 1.82) is 0 Å². The van der Waals surface area contributed by atoms with Crippen LogP contribution in [0.15, 0.2) is 12.1 Å². The molecule has 0 bridgehead atoms. The molecule has 1 aromatic heterocycles. The Morgan fingerprint density at radius 3 is 2.39 bits per heavy atom. The fraction of sp³-hybridized carbons (Fsp3) is 0.667. The SMILES string of the molecule is C.CNC(=O)c1ccc(N2CCN(C3CCCC3)CC2)c(C)n1. The molecule has 1 aromatic rings. The number of amides is 1. The molecule has 1 aliphatic heterocycles. The highest BCUT2D eigenvalue weighted by Gasteiger charge is 2.26. The van der Waals surface area contributed by atoms with E-state index >= 15 is 0 Å². The maximum absolute atomic E-state index is 11.6. The maximum Gasteiger partial charge on any atom is 0.269 e. The Labute approximate surface area is 140 Å². The molecule has 1 aliphatic carbocycles. The third kappa shape index (κ3) is 3.83. The zero-order valence-corrected chi connectivity index (χ0v) is 13.6. The van der Waals surface area contributed by atoms with Crippen LogP contribution < -0.4 is 10.2 Å². The lowest BCUT2D eigenvalue weighted by Gasteiger charge is -2.39. The van der Waals surface area contributed by atoms with E-state index in [1.165, 1.54) is 31.4 Å². The Hall–Kier alpha value is -1.62. The average Bonchev–Trinajstić information content (AvgIpc) is 3.08. The Bertz CT molecular complexity index is 532. The molecule has 5 heteroatoms. The van der Waals surface area contributed by atoms with Crippen molar-refractivity contribution in [3.05, 3.63) is 23.5 Å². The molecule has 1 N–H and O–H groups in total. The number of carbonyl (C=O) groups excluding carboxylic acids is 1. The minimum absolute atomic E-state index is 0. The van der Waals surface area contributed by atoms with E-state index in [0.29, 0.717) is 5.69 Å². The van der Waals surface area contributed by atoms with Gasteiger partial charge in [-0.25, -0.2) is 4.98 Å². The van der Waals surface area contributed by atoms with Gasteiger partial charge in [0, 0.05) is 39.3 Å². The van der Waals surface area contributed by atoms with Crippen LogP contribution in [0.2, 0.25) is 0 Å². The minimum atomic E-state index is -0.124. The van der Waals surface area contributed by atoms with Crippen molar-refractivity contribution in [3.63, 3.8) is 0 Å². The molecule has 1 amide bonds. The fourth-order valence-electron chi connectivity index (χ4n) is 3.74. The van der Waals surface area contributed by atoms with Gasteiger partial charge in [0.2, 0.25) is 0 Å². The lowest BCUT2D eigenvalue weighted by Crippen LogP contribution is -2.50. The van der Waals surface area contributed by atoms with Crippen LogP contribution in [-0.2, 0) is 0 Å². The molecule has 0 unspecified atom stereocenters. The lowest BCUT2D eigenvalue weighted by molar-refractivity contribution is 0.0958. The Morgan fingerprint density at radius 1 is 1.17 bits per heavy atom. The average molecular weight is 318 g/mol. The number of piperazine rings is 1. The highest BCUT2D eigenvalue weighted by Crippen LogP contribution is 2.26. The minimum Gasteiger partial charge on any atom is -0.368 e.